The van der Waals surface area contributed by atoms with Crippen molar-refractivity contribution in [2.24, 2.45) is 0 Å². The number of amides is 2. The number of halogens is 1. The fraction of sp³-hybridized carbons (Fsp3) is 0.190. The molecule has 1 aromatic heterocycles. The van der Waals surface area contributed by atoms with Crippen molar-refractivity contribution in [2.45, 2.75) is 13.5 Å². The van der Waals surface area contributed by atoms with Gasteiger partial charge in [-0.25, -0.2) is 14.6 Å². The number of nitrogens with zero attached hydrogens (tertiary/aromatic N) is 1. The summed E-state index contributed by atoms with van der Waals surface area (Å²) in [4.78, 5) is 27.8. The molecular weight excluding hydrogens is 394 g/mol. The van der Waals surface area contributed by atoms with Gasteiger partial charge in [-0.05, 0) is 36.1 Å². The van der Waals surface area contributed by atoms with Crippen molar-refractivity contribution >= 4 is 41.0 Å². The Morgan fingerprint density at radius 2 is 1.90 bits per heavy atom. The van der Waals surface area contributed by atoms with Gasteiger partial charge in [-0.3, -0.25) is 5.32 Å². The predicted octanol–water partition coefficient (Wildman–Crippen LogP) is 4.16. The molecule has 0 saturated heterocycles. The average molecular weight is 416 g/mol. The summed E-state index contributed by atoms with van der Waals surface area (Å²) >= 11 is 0. The van der Waals surface area contributed by atoms with Gasteiger partial charge in [-0.15, -0.1) is 12.4 Å². The molecule has 3 aromatic rings. The third-order valence-electron chi connectivity index (χ3n) is 4.11. The van der Waals surface area contributed by atoms with Crippen molar-refractivity contribution in [3.63, 3.8) is 0 Å². The lowest BCUT2D eigenvalue weighted by molar-refractivity contribution is 0.0595. The molecule has 0 saturated carbocycles. The van der Waals surface area contributed by atoms with E-state index >= 15 is 0 Å². The lowest BCUT2D eigenvalue weighted by atomic mass is 10.1. The van der Waals surface area contributed by atoms with Gasteiger partial charge in [0, 0.05) is 18.1 Å². The standard InChI is InChI=1S/C21H21N3O4.ClH/c1-3-22-21(26)24-19-11-14-7-6-8-15(17(14)12-23-19)13-28-18-10-5-4-9-16(18)20(25)27-2;/h4-12H,3,13H2,1-2H3,(H2,22,23,24,26);1H. The van der Waals surface area contributed by atoms with E-state index in [0.717, 1.165) is 16.3 Å². The van der Waals surface area contributed by atoms with Gasteiger partial charge in [-0.1, -0.05) is 30.3 Å². The number of urea groups is 1. The van der Waals surface area contributed by atoms with Crippen LogP contribution in [0.4, 0.5) is 10.6 Å². The summed E-state index contributed by atoms with van der Waals surface area (Å²) in [6, 6.07) is 14.2. The Balaban J connectivity index is 0.00000300. The van der Waals surface area contributed by atoms with E-state index in [2.05, 4.69) is 15.6 Å². The van der Waals surface area contributed by atoms with Crippen molar-refractivity contribution < 1.29 is 19.1 Å². The zero-order chi connectivity index (χ0) is 19.9. The quantitative estimate of drug-likeness (QED) is 0.590. The topological polar surface area (TPSA) is 89.6 Å². The molecule has 0 aliphatic carbocycles. The highest BCUT2D eigenvalue weighted by atomic mass is 35.5. The fourth-order valence-corrected chi connectivity index (χ4v) is 2.78. The van der Waals surface area contributed by atoms with Gasteiger partial charge < -0.3 is 14.8 Å². The number of benzene rings is 2. The molecule has 0 unspecified atom stereocenters. The van der Waals surface area contributed by atoms with Gasteiger partial charge in [-0.2, -0.15) is 0 Å². The highest BCUT2D eigenvalue weighted by Gasteiger charge is 2.13. The summed E-state index contributed by atoms with van der Waals surface area (Å²) < 4.78 is 10.7. The Morgan fingerprint density at radius 3 is 2.66 bits per heavy atom. The van der Waals surface area contributed by atoms with Crippen LogP contribution in [0, 0.1) is 0 Å². The third-order valence-corrected chi connectivity index (χ3v) is 4.11. The second-order valence-corrected chi connectivity index (χ2v) is 5.97. The summed E-state index contributed by atoms with van der Waals surface area (Å²) in [5, 5.41) is 7.18. The lowest BCUT2D eigenvalue weighted by Gasteiger charge is -2.12. The molecule has 0 aliphatic rings. The number of fused-ring (bicyclic) bond motifs is 1. The molecule has 0 fully saturated rings. The molecule has 0 bridgehead atoms. The van der Waals surface area contributed by atoms with Gasteiger partial charge in [0.25, 0.3) is 0 Å². The van der Waals surface area contributed by atoms with Crippen LogP contribution < -0.4 is 15.4 Å². The first-order valence-corrected chi connectivity index (χ1v) is 8.85. The molecule has 3 rings (SSSR count). The number of aromatic nitrogens is 1. The normalized spacial score (nSPS) is 10.0. The molecular formula is C21H22ClN3O4. The van der Waals surface area contributed by atoms with Crippen LogP contribution in [0.1, 0.15) is 22.8 Å². The number of carbonyl (C=O) groups is 2. The van der Waals surface area contributed by atoms with Crippen LogP contribution in [0.2, 0.25) is 0 Å². The van der Waals surface area contributed by atoms with Crippen molar-refractivity contribution in [1.82, 2.24) is 10.3 Å². The van der Waals surface area contributed by atoms with Crippen LogP contribution in [0.25, 0.3) is 10.8 Å². The zero-order valence-electron chi connectivity index (χ0n) is 16.1. The predicted molar refractivity (Wildman–Crippen MR) is 114 cm³/mol. The monoisotopic (exact) mass is 415 g/mol. The number of rotatable bonds is 6. The molecule has 0 aliphatic heterocycles. The average Bonchev–Trinajstić information content (AvgIpc) is 2.71. The minimum absolute atomic E-state index is 0. The summed E-state index contributed by atoms with van der Waals surface area (Å²) in [5.41, 5.74) is 1.28. The molecule has 152 valence electrons. The van der Waals surface area contributed by atoms with Crippen molar-refractivity contribution in [3.05, 3.63) is 65.9 Å². The smallest absolute Gasteiger partial charge is 0.341 e. The minimum atomic E-state index is -0.448. The first kappa shape index (κ1) is 22.0. The molecule has 8 heteroatoms. The van der Waals surface area contributed by atoms with E-state index in [-0.39, 0.29) is 25.0 Å². The second kappa shape index (κ2) is 10.3. The Labute approximate surface area is 174 Å². The van der Waals surface area contributed by atoms with Gasteiger partial charge in [0.1, 0.15) is 23.7 Å². The number of pyridine rings is 1. The van der Waals surface area contributed by atoms with Gasteiger partial charge >= 0.3 is 12.0 Å². The zero-order valence-corrected chi connectivity index (χ0v) is 16.9. The number of para-hydroxylation sites is 1. The first-order chi connectivity index (χ1) is 13.6. The van der Waals surface area contributed by atoms with E-state index < -0.39 is 5.97 Å². The van der Waals surface area contributed by atoms with Crippen molar-refractivity contribution in [1.29, 1.82) is 0 Å². The number of hydrogen-bond acceptors (Lipinski definition) is 5. The molecule has 2 aromatic carbocycles. The maximum atomic E-state index is 11.9. The van der Waals surface area contributed by atoms with Gasteiger partial charge in [0.15, 0.2) is 0 Å². The van der Waals surface area contributed by atoms with Crippen LogP contribution in [-0.4, -0.2) is 30.6 Å². The summed E-state index contributed by atoms with van der Waals surface area (Å²) in [7, 11) is 1.34. The lowest BCUT2D eigenvalue weighted by Crippen LogP contribution is -2.28. The number of hydrogen-bond donors (Lipinski definition) is 2. The van der Waals surface area contributed by atoms with Crippen LogP contribution in [0.5, 0.6) is 5.75 Å². The van der Waals surface area contributed by atoms with Crippen LogP contribution in [0.3, 0.4) is 0 Å². The number of esters is 1. The molecule has 1 heterocycles. The van der Waals surface area contributed by atoms with E-state index in [1.54, 1.807) is 36.5 Å². The van der Waals surface area contributed by atoms with E-state index in [1.807, 2.05) is 25.1 Å². The molecule has 2 N–H and O–H groups in total. The molecule has 2 amide bonds. The second-order valence-electron chi connectivity index (χ2n) is 5.97. The Hall–Kier alpha value is -3.32. The molecule has 0 atom stereocenters. The van der Waals surface area contributed by atoms with E-state index in [1.165, 1.54) is 7.11 Å². The maximum absolute atomic E-state index is 11.9. The van der Waals surface area contributed by atoms with Crippen LogP contribution in [0.15, 0.2) is 54.7 Å². The molecule has 0 spiro atoms. The number of nitrogens with one attached hydrogen (secondary N) is 2. The summed E-state index contributed by atoms with van der Waals surface area (Å²) in [6.45, 7) is 2.64. The minimum Gasteiger partial charge on any atom is -0.488 e. The largest absolute Gasteiger partial charge is 0.488 e. The van der Waals surface area contributed by atoms with Gasteiger partial charge in [0.05, 0.1) is 7.11 Å². The number of methoxy groups -OCH3 is 1. The number of ether oxygens (including phenoxy) is 2. The molecule has 7 nitrogen and oxygen atoms in total. The third kappa shape index (κ3) is 5.36. The SMILES string of the molecule is CCNC(=O)Nc1cc2cccc(COc3ccccc3C(=O)OC)c2cn1.Cl. The van der Waals surface area contributed by atoms with E-state index in [9.17, 15) is 9.59 Å². The Bertz CT molecular complexity index is 1010. The Morgan fingerprint density at radius 1 is 1.10 bits per heavy atom. The van der Waals surface area contributed by atoms with Crippen LogP contribution in [-0.2, 0) is 11.3 Å². The number of carbonyl (C=O) groups excluding carboxylic acids is 2. The Kier molecular flexibility index (Phi) is 7.79. The summed E-state index contributed by atoms with van der Waals surface area (Å²) in [5.74, 6) is 0.470. The number of anilines is 1. The highest BCUT2D eigenvalue weighted by Crippen LogP contribution is 2.24. The molecule has 29 heavy (non-hydrogen) atoms. The van der Waals surface area contributed by atoms with Crippen LogP contribution >= 0.6 is 12.4 Å². The summed E-state index contributed by atoms with van der Waals surface area (Å²) in [6.07, 6.45) is 1.70. The fourth-order valence-electron chi connectivity index (χ4n) is 2.78. The van der Waals surface area contributed by atoms with E-state index in [0.29, 0.717) is 23.7 Å². The van der Waals surface area contributed by atoms with Crippen molar-refractivity contribution in [2.75, 3.05) is 19.0 Å². The highest BCUT2D eigenvalue weighted by molar-refractivity contribution is 5.93. The van der Waals surface area contributed by atoms with Gasteiger partial charge in [0.2, 0.25) is 0 Å². The first-order valence-electron chi connectivity index (χ1n) is 8.85. The molecule has 0 radical (unpaired) electrons. The van der Waals surface area contributed by atoms with Crippen molar-refractivity contribution in [3.8, 4) is 5.75 Å². The maximum Gasteiger partial charge on any atom is 0.341 e. The van der Waals surface area contributed by atoms with E-state index in [4.69, 9.17) is 9.47 Å².